The lowest BCUT2D eigenvalue weighted by molar-refractivity contribution is -0.131. The molecule has 7 heteroatoms. The largest absolute Gasteiger partial charge is 0.335 e. The topological polar surface area (TPSA) is 78.8 Å². The number of amides is 4. The molecule has 1 aliphatic rings. The van der Waals surface area contributed by atoms with E-state index in [0.717, 1.165) is 9.37 Å². The van der Waals surface area contributed by atoms with E-state index in [-0.39, 0.29) is 0 Å². The van der Waals surface area contributed by atoms with Crippen molar-refractivity contribution in [3.05, 3.63) is 41.4 Å². The molecule has 0 radical (unpaired) electrons. The van der Waals surface area contributed by atoms with Crippen molar-refractivity contribution in [2.45, 2.75) is 0 Å². The predicted octanol–water partition coefficient (Wildman–Crippen LogP) is 1.90. The standard InChI is InChI=1S/C14H12BrN3O3/c1-2-7-16-8-11-12(19)17-14(21)18(13(11)20)10-5-3-9(15)4-6-10/h2-6,8,11H,1,7H2,(H,17,19,21). The summed E-state index contributed by atoms with van der Waals surface area (Å²) in [4.78, 5) is 40.8. The van der Waals surface area contributed by atoms with Crippen LogP contribution in [0, 0.1) is 5.92 Å². The van der Waals surface area contributed by atoms with Gasteiger partial charge in [0.25, 0.3) is 5.91 Å². The Balaban J connectivity index is 2.30. The Bertz CT molecular complexity index is 625. The highest BCUT2D eigenvalue weighted by atomic mass is 79.9. The minimum Gasteiger partial charge on any atom is -0.292 e. The first kappa shape index (κ1) is 15.1. The quantitative estimate of drug-likeness (QED) is 0.512. The van der Waals surface area contributed by atoms with Crippen LogP contribution < -0.4 is 10.2 Å². The minimum absolute atomic E-state index is 0.295. The fourth-order valence-electron chi connectivity index (χ4n) is 1.80. The SMILES string of the molecule is C=CCN=CC1C(=O)NC(=O)N(c2ccc(Br)cc2)C1=O. The van der Waals surface area contributed by atoms with Gasteiger partial charge in [-0.05, 0) is 24.3 Å². The number of halogens is 1. The molecule has 0 spiro atoms. The zero-order valence-corrected chi connectivity index (χ0v) is 12.5. The molecule has 1 saturated heterocycles. The third kappa shape index (κ3) is 3.25. The van der Waals surface area contributed by atoms with Gasteiger partial charge in [-0.3, -0.25) is 19.9 Å². The molecule has 1 heterocycles. The molecule has 4 amide bonds. The molecule has 1 aromatic rings. The van der Waals surface area contributed by atoms with E-state index in [2.05, 4.69) is 32.8 Å². The van der Waals surface area contributed by atoms with Gasteiger partial charge >= 0.3 is 6.03 Å². The van der Waals surface area contributed by atoms with Crippen LogP contribution in [0.25, 0.3) is 0 Å². The molecule has 0 saturated carbocycles. The molecule has 21 heavy (non-hydrogen) atoms. The van der Waals surface area contributed by atoms with Crippen LogP contribution in [-0.2, 0) is 9.59 Å². The molecule has 1 unspecified atom stereocenters. The van der Waals surface area contributed by atoms with Gasteiger partial charge in [0.15, 0.2) is 5.92 Å². The van der Waals surface area contributed by atoms with Crippen molar-refractivity contribution < 1.29 is 14.4 Å². The van der Waals surface area contributed by atoms with Crippen LogP contribution in [0.2, 0.25) is 0 Å². The Morgan fingerprint density at radius 3 is 2.57 bits per heavy atom. The first-order valence-corrected chi connectivity index (χ1v) is 6.89. The van der Waals surface area contributed by atoms with Gasteiger partial charge < -0.3 is 0 Å². The summed E-state index contributed by atoms with van der Waals surface area (Å²) in [5.74, 6) is -2.42. The van der Waals surface area contributed by atoms with Crippen molar-refractivity contribution in [3.63, 3.8) is 0 Å². The smallest absolute Gasteiger partial charge is 0.292 e. The van der Waals surface area contributed by atoms with Crippen LogP contribution in [0.5, 0.6) is 0 Å². The number of hydrogen-bond acceptors (Lipinski definition) is 4. The lowest BCUT2D eigenvalue weighted by Crippen LogP contribution is -2.58. The number of nitrogens with zero attached hydrogens (tertiary/aromatic N) is 2. The lowest BCUT2D eigenvalue weighted by Gasteiger charge is -2.28. The van der Waals surface area contributed by atoms with E-state index in [1.807, 2.05) is 0 Å². The van der Waals surface area contributed by atoms with E-state index in [0.29, 0.717) is 12.2 Å². The maximum absolute atomic E-state index is 12.3. The van der Waals surface area contributed by atoms with Crippen LogP contribution in [0.3, 0.4) is 0 Å². The number of imide groups is 2. The molecule has 0 bridgehead atoms. The zero-order chi connectivity index (χ0) is 15.4. The molecule has 108 valence electrons. The van der Waals surface area contributed by atoms with E-state index in [1.54, 1.807) is 30.3 Å². The summed E-state index contributed by atoms with van der Waals surface area (Å²) in [7, 11) is 0. The van der Waals surface area contributed by atoms with Crippen molar-refractivity contribution in [1.29, 1.82) is 0 Å². The number of benzene rings is 1. The van der Waals surface area contributed by atoms with Gasteiger partial charge in [0.05, 0.1) is 12.2 Å². The van der Waals surface area contributed by atoms with Crippen molar-refractivity contribution in [2.24, 2.45) is 10.9 Å². The molecular formula is C14H12BrN3O3. The van der Waals surface area contributed by atoms with Gasteiger partial charge in [0.1, 0.15) is 0 Å². The van der Waals surface area contributed by atoms with E-state index in [4.69, 9.17) is 0 Å². The number of rotatable bonds is 4. The summed E-state index contributed by atoms with van der Waals surface area (Å²) >= 11 is 3.27. The molecule has 1 aromatic carbocycles. The van der Waals surface area contributed by atoms with Gasteiger partial charge in [-0.1, -0.05) is 22.0 Å². The van der Waals surface area contributed by atoms with Gasteiger partial charge in [-0.2, -0.15) is 0 Å². The summed E-state index contributed by atoms with van der Waals surface area (Å²) in [6.07, 6.45) is 2.77. The summed E-state index contributed by atoms with van der Waals surface area (Å²) in [5.41, 5.74) is 0.385. The van der Waals surface area contributed by atoms with Crippen LogP contribution in [0.1, 0.15) is 0 Å². The summed E-state index contributed by atoms with van der Waals surface area (Å²) in [6, 6.07) is 5.85. The highest BCUT2D eigenvalue weighted by Crippen LogP contribution is 2.22. The first-order valence-electron chi connectivity index (χ1n) is 6.10. The van der Waals surface area contributed by atoms with Crippen LogP contribution >= 0.6 is 15.9 Å². The van der Waals surface area contributed by atoms with E-state index in [9.17, 15) is 14.4 Å². The average molecular weight is 350 g/mol. The van der Waals surface area contributed by atoms with Crippen molar-refractivity contribution in [2.75, 3.05) is 11.4 Å². The number of anilines is 1. The van der Waals surface area contributed by atoms with E-state index in [1.165, 1.54) is 6.21 Å². The highest BCUT2D eigenvalue weighted by molar-refractivity contribution is 9.10. The third-order valence-corrected chi connectivity index (χ3v) is 3.30. The van der Waals surface area contributed by atoms with Gasteiger partial charge in [0.2, 0.25) is 5.91 Å². The van der Waals surface area contributed by atoms with Crippen molar-refractivity contribution in [3.8, 4) is 0 Å². The van der Waals surface area contributed by atoms with Gasteiger partial charge in [-0.15, -0.1) is 6.58 Å². The molecule has 0 aromatic heterocycles. The normalized spacial score (nSPS) is 19.0. The fourth-order valence-corrected chi connectivity index (χ4v) is 2.06. The fraction of sp³-hybridized carbons (Fsp3) is 0.143. The Morgan fingerprint density at radius 1 is 1.29 bits per heavy atom. The summed E-state index contributed by atoms with van der Waals surface area (Å²) in [5, 5.41) is 2.15. The maximum Gasteiger partial charge on any atom is 0.335 e. The predicted molar refractivity (Wildman–Crippen MR) is 82.2 cm³/mol. The second-order valence-electron chi connectivity index (χ2n) is 4.23. The molecule has 1 aliphatic heterocycles. The number of nitrogens with one attached hydrogen (secondary N) is 1. The monoisotopic (exact) mass is 349 g/mol. The van der Waals surface area contributed by atoms with Crippen LogP contribution in [-0.4, -0.2) is 30.6 Å². The number of aliphatic imine (C=N–C) groups is 1. The number of urea groups is 1. The van der Waals surface area contributed by atoms with Crippen LogP contribution in [0.15, 0.2) is 46.4 Å². The Morgan fingerprint density at radius 2 is 1.95 bits per heavy atom. The van der Waals surface area contributed by atoms with E-state index < -0.39 is 23.8 Å². The van der Waals surface area contributed by atoms with Gasteiger partial charge in [-0.25, -0.2) is 9.69 Å². The molecular weight excluding hydrogens is 338 g/mol. The molecule has 1 fully saturated rings. The summed E-state index contributed by atoms with van der Waals surface area (Å²) < 4.78 is 0.816. The minimum atomic E-state index is -1.12. The zero-order valence-electron chi connectivity index (χ0n) is 11.0. The molecule has 1 atom stereocenters. The van der Waals surface area contributed by atoms with Gasteiger partial charge in [0, 0.05) is 10.7 Å². The molecule has 1 N–H and O–H groups in total. The van der Waals surface area contributed by atoms with Crippen molar-refractivity contribution >= 4 is 45.7 Å². The first-order chi connectivity index (χ1) is 10.0. The number of hydrogen-bond donors (Lipinski definition) is 1. The summed E-state index contributed by atoms with van der Waals surface area (Å²) in [6.45, 7) is 3.79. The van der Waals surface area contributed by atoms with Crippen LogP contribution in [0.4, 0.5) is 10.5 Å². The number of carbonyl (C=O) groups excluding carboxylic acids is 3. The second-order valence-corrected chi connectivity index (χ2v) is 5.14. The Hall–Kier alpha value is -2.28. The highest BCUT2D eigenvalue weighted by Gasteiger charge is 2.40. The maximum atomic E-state index is 12.3. The Labute approximate surface area is 129 Å². The lowest BCUT2D eigenvalue weighted by atomic mass is 10.1. The van der Waals surface area contributed by atoms with Crippen molar-refractivity contribution in [1.82, 2.24) is 5.32 Å². The Kier molecular flexibility index (Phi) is 4.64. The molecule has 0 aliphatic carbocycles. The number of barbiturate groups is 1. The molecule has 2 rings (SSSR count). The average Bonchev–Trinajstić information content (AvgIpc) is 2.44. The van der Waals surface area contributed by atoms with E-state index >= 15 is 0 Å². The second kappa shape index (κ2) is 6.45. The number of carbonyl (C=O) groups is 3. The molecule has 6 nitrogen and oxygen atoms in total. The third-order valence-electron chi connectivity index (χ3n) is 2.78.